The Kier molecular flexibility index (Phi) is 3.74. The number of carbonyl (C=O) groups excluding carboxylic acids is 1. The molecule has 110 valence electrons. The number of Topliss-reactive ketones (excluding diaryl/α,β-unsaturated/α-hetero) is 1. The number of hydrogen-bond donors (Lipinski definition) is 0. The van der Waals surface area contributed by atoms with Crippen molar-refractivity contribution in [3.63, 3.8) is 0 Å². The van der Waals surface area contributed by atoms with Gasteiger partial charge in [0, 0.05) is 13.0 Å². The number of rotatable bonds is 4. The number of aromatic nitrogens is 1. The highest BCUT2D eigenvalue weighted by molar-refractivity contribution is 5.93. The molecule has 0 aliphatic heterocycles. The van der Waals surface area contributed by atoms with E-state index < -0.39 is 0 Å². The molecule has 0 atom stereocenters. The summed E-state index contributed by atoms with van der Waals surface area (Å²) in [6.07, 6.45) is 0. The molecule has 3 rings (SSSR count). The Morgan fingerprint density at radius 2 is 1.82 bits per heavy atom. The summed E-state index contributed by atoms with van der Waals surface area (Å²) in [4.78, 5) is 11.5. The van der Waals surface area contributed by atoms with E-state index in [1.807, 2.05) is 42.5 Å². The van der Waals surface area contributed by atoms with Gasteiger partial charge in [0.2, 0.25) is 5.78 Å². The van der Waals surface area contributed by atoms with Crippen LogP contribution in [0.15, 0.2) is 60.7 Å². The van der Waals surface area contributed by atoms with Gasteiger partial charge in [-0.05, 0) is 23.8 Å². The zero-order valence-electron chi connectivity index (χ0n) is 12.2. The number of nitrogens with zero attached hydrogens (tertiary/aromatic N) is 1. The van der Waals surface area contributed by atoms with Gasteiger partial charge >= 0.3 is 0 Å². The fraction of sp³-hybridized carbons (Fsp3) is 0.111. The van der Waals surface area contributed by atoms with E-state index in [0.29, 0.717) is 22.6 Å². The third kappa shape index (κ3) is 2.63. The van der Waals surface area contributed by atoms with Crippen LogP contribution in [-0.4, -0.2) is 5.78 Å². The van der Waals surface area contributed by atoms with E-state index in [2.05, 4.69) is 0 Å². The second-order valence-corrected chi connectivity index (χ2v) is 5.04. The Morgan fingerprint density at radius 3 is 2.55 bits per heavy atom. The van der Waals surface area contributed by atoms with Crippen LogP contribution in [0.4, 0.5) is 0 Å². The molecule has 0 aliphatic carbocycles. The van der Waals surface area contributed by atoms with Crippen LogP contribution < -0.4 is 9.47 Å². The summed E-state index contributed by atoms with van der Waals surface area (Å²) in [6, 6.07) is 18.4. The molecule has 0 amide bonds. The molecule has 0 saturated carbocycles. The molecule has 22 heavy (non-hydrogen) atoms. The molecule has 0 aliphatic rings. The summed E-state index contributed by atoms with van der Waals surface area (Å²) < 4.78 is 6.44. The van der Waals surface area contributed by atoms with E-state index in [9.17, 15) is 10.0 Å². The molecule has 0 unspecified atom stereocenters. The maximum Gasteiger partial charge on any atom is 0.266 e. The van der Waals surface area contributed by atoms with Crippen LogP contribution in [0.2, 0.25) is 0 Å². The van der Waals surface area contributed by atoms with Crippen molar-refractivity contribution in [2.45, 2.75) is 13.5 Å². The van der Waals surface area contributed by atoms with Crippen molar-refractivity contribution in [3.8, 4) is 5.75 Å². The average Bonchev–Trinajstić information content (AvgIpc) is 2.53. The lowest BCUT2D eigenvalue weighted by Crippen LogP contribution is -2.35. The topological polar surface area (TPSA) is 53.2 Å². The summed E-state index contributed by atoms with van der Waals surface area (Å²) in [5.74, 6) is 0.203. The lowest BCUT2D eigenvalue weighted by molar-refractivity contribution is -0.579. The number of benzene rings is 2. The molecule has 1 aromatic heterocycles. The largest absolute Gasteiger partial charge is 0.618 e. The lowest BCUT2D eigenvalue weighted by Gasteiger charge is -2.11. The van der Waals surface area contributed by atoms with E-state index in [-0.39, 0.29) is 11.5 Å². The molecule has 2 aromatic carbocycles. The third-order valence-electron chi connectivity index (χ3n) is 3.47. The first-order chi connectivity index (χ1) is 10.7. The van der Waals surface area contributed by atoms with E-state index in [0.717, 1.165) is 10.9 Å². The quantitative estimate of drug-likeness (QED) is 0.421. The number of ketones is 1. The minimum absolute atomic E-state index is 0.114. The molecule has 0 spiro atoms. The number of hydrogen-bond acceptors (Lipinski definition) is 3. The normalized spacial score (nSPS) is 10.6. The van der Waals surface area contributed by atoms with Gasteiger partial charge < -0.3 is 9.94 Å². The fourth-order valence-corrected chi connectivity index (χ4v) is 2.36. The van der Waals surface area contributed by atoms with Gasteiger partial charge in [0.15, 0.2) is 5.75 Å². The molecule has 1 heterocycles. The predicted octanol–water partition coefficient (Wildman–Crippen LogP) is 3.25. The first-order valence-corrected chi connectivity index (χ1v) is 7.00. The summed E-state index contributed by atoms with van der Waals surface area (Å²) in [5.41, 5.74) is 1.51. The minimum atomic E-state index is -0.269. The SMILES string of the molecule is CC(=O)c1ccc2cccc(OCc3ccccc3)c2[n+]1[O-]. The van der Waals surface area contributed by atoms with Gasteiger partial charge in [-0.25, -0.2) is 0 Å². The van der Waals surface area contributed by atoms with Crippen LogP contribution in [0.1, 0.15) is 23.0 Å². The zero-order chi connectivity index (χ0) is 15.5. The summed E-state index contributed by atoms with van der Waals surface area (Å²) >= 11 is 0. The fourth-order valence-electron chi connectivity index (χ4n) is 2.36. The van der Waals surface area contributed by atoms with Crippen molar-refractivity contribution in [1.82, 2.24) is 0 Å². The van der Waals surface area contributed by atoms with Gasteiger partial charge in [-0.1, -0.05) is 36.4 Å². The van der Waals surface area contributed by atoms with Crippen molar-refractivity contribution >= 4 is 16.7 Å². The van der Waals surface area contributed by atoms with Crippen LogP contribution in [0.3, 0.4) is 0 Å². The zero-order valence-corrected chi connectivity index (χ0v) is 12.2. The number of ether oxygens (including phenoxy) is 1. The maximum atomic E-state index is 12.4. The van der Waals surface area contributed by atoms with Gasteiger partial charge in [0.05, 0.1) is 5.39 Å². The number of fused-ring (bicyclic) bond motifs is 1. The number of pyridine rings is 1. The smallest absolute Gasteiger partial charge is 0.266 e. The van der Waals surface area contributed by atoms with E-state index >= 15 is 0 Å². The van der Waals surface area contributed by atoms with Gasteiger partial charge in [-0.3, -0.25) is 4.79 Å². The number of para-hydroxylation sites is 1. The van der Waals surface area contributed by atoms with Crippen molar-refractivity contribution in [2.75, 3.05) is 0 Å². The second kappa shape index (κ2) is 5.85. The average molecular weight is 293 g/mol. The molecule has 4 nitrogen and oxygen atoms in total. The Bertz CT molecular complexity index is 828. The molecule has 0 saturated heterocycles. The van der Waals surface area contributed by atoms with Crippen molar-refractivity contribution < 1.29 is 14.3 Å². The molecule has 0 bridgehead atoms. The Labute approximate surface area is 128 Å². The highest BCUT2D eigenvalue weighted by atomic mass is 16.5. The van der Waals surface area contributed by atoms with Crippen molar-refractivity contribution in [3.05, 3.63) is 77.1 Å². The van der Waals surface area contributed by atoms with Crippen LogP contribution in [0.5, 0.6) is 5.75 Å². The molecular weight excluding hydrogens is 278 g/mol. The van der Waals surface area contributed by atoms with Crippen LogP contribution in [-0.2, 0) is 6.61 Å². The van der Waals surface area contributed by atoms with Crippen LogP contribution in [0.25, 0.3) is 10.9 Å². The second-order valence-electron chi connectivity index (χ2n) is 5.04. The summed E-state index contributed by atoms with van der Waals surface area (Å²) in [6.45, 7) is 1.74. The predicted molar refractivity (Wildman–Crippen MR) is 83.7 cm³/mol. The van der Waals surface area contributed by atoms with E-state index in [4.69, 9.17) is 4.74 Å². The Balaban J connectivity index is 2.02. The Morgan fingerprint density at radius 1 is 1.05 bits per heavy atom. The lowest BCUT2D eigenvalue weighted by atomic mass is 10.1. The maximum absolute atomic E-state index is 12.4. The highest BCUT2D eigenvalue weighted by Gasteiger charge is 2.18. The molecule has 0 radical (unpaired) electrons. The Hall–Kier alpha value is -2.88. The monoisotopic (exact) mass is 293 g/mol. The van der Waals surface area contributed by atoms with Gasteiger partial charge in [0.25, 0.3) is 11.2 Å². The highest BCUT2D eigenvalue weighted by Crippen LogP contribution is 2.23. The van der Waals surface area contributed by atoms with Gasteiger partial charge in [0.1, 0.15) is 6.61 Å². The van der Waals surface area contributed by atoms with Gasteiger partial charge in [-0.15, -0.1) is 0 Å². The summed E-state index contributed by atoms with van der Waals surface area (Å²) in [5, 5.41) is 13.2. The van der Waals surface area contributed by atoms with Crippen molar-refractivity contribution in [1.29, 1.82) is 0 Å². The number of carbonyl (C=O) groups is 1. The molecule has 0 fully saturated rings. The van der Waals surface area contributed by atoms with Crippen LogP contribution in [0, 0.1) is 5.21 Å². The summed E-state index contributed by atoms with van der Waals surface area (Å²) in [7, 11) is 0. The minimum Gasteiger partial charge on any atom is -0.618 e. The standard InChI is InChI=1S/C18H15NO3/c1-13(20)16-11-10-15-8-5-9-17(18(15)19(16)21)22-12-14-6-3-2-4-7-14/h2-11H,12H2,1H3. The first kappa shape index (κ1) is 14.1. The molecule has 0 N–H and O–H groups in total. The third-order valence-corrected chi connectivity index (χ3v) is 3.47. The molecule has 4 heteroatoms. The van der Waals surface area contributed by atoms with E-state index in [1.54, 1.807) is 18.2 Å². The van der Waals surface area contributed by atoms with Crippen LogP contribution >= 0.6 is 0 Å². The van der Waals surface area contributed by atoms with E-state index in [1.165, 1.54) is 6.92 Å². The van der Waals surface area contributed by atoms with Gasteiger partial charge in [-0.2, -0.15) is 4.73 Å². The first-order valence-electron chi connectivity index (χ1n) is 7.00. The van der Waals surface area contributed by atoms with Crippen molar-refractivity contribution in [2.24, 2.45) is 0 Å². The molecule has 3 aromatic rings. The molecular formula is C18H15NO3.